The number of aromatic amines is 1. The Balaban J connectivity index is 0. The third-order valence-corrected chi connectivity index (χ3v) is 2.27. The van der Waals surface area contributed by atoms with E-state index >= 15 is 0 Å². The van der Waals surface area contributed by atoms with Gasteiger partial charge in [0.25, 0.3) is 0 Å². The number of fused-ring (bicyclic) bond motifs is 1. The molecule has 0 saturated carbocycles. The van der Waals surface area contributed by atoms with Crippen LogP contribution < -0.4 is 24.8 Å². The van der Waals surface area contributed by atoms with Crippen LogP contribution in [0.25, 0.3) is 10.9 Å². The van der Waals surface area contributed by atoms with Crippen molar-refractivity contribution in [3.05, 3.63) is 36.0 Å². The van der Waals surface area contributed by atoms with Gasteiger partial charge in [-0.3, -0.25) is 0 Å². The average molecular weight is 334 g/mol. The first-order valence-electron chi connectivity index (χ1n) is 4.58. The van der Waals surface area contributed by atoms with Gasteiger partial charge in [-0.2, -0.15) is 5.39 Å². The normalized spacial score (nSPS) is 9.94. The Kier molecular flexibility index (Phi) is 7.94. The maximum Gasteiger partial charge on any atom is 3.00 e. The fourth-order valence-electron chi connectivity index (χ4n) is 1.60. The maximum atomic E-state index is 3.23. The quantitative estimate of drug-likeness (QED) is 0.504. The van der Waals surface area contributed by atoms with Crippen molar-refractivity contribution in [2.75, 3.05) is 0 Å². The van der Waals surface area contributed by atoms with E-state index in [1.54, 1.807) is 0 Å². The van der Waals surface area contributed by atoms with Gasteiger partial charge in [0.05, 0.1) is 0 Å². The van der Waals surface area contributed by atoms with E-state index in [4.69, 9.17) is 0 Å². The summed E-state index contributed by atoms with van der Waals surface area (Å²) in [4.78, 5) is 3.17. The van der Waals surface area contributed by atoms with E-state index in [2.05, 4.69) is 50.2 Å². The molecule has 0 saturated heterocycles. The summed E-state index contributed by atoms with van der Waals surface area (Å²) in [6, 6.07) is 8.34. The van der Waals surface area contributed by atoms with Crippen LogP contribution in [-0.2, 0) is 31.6 Å². The fraction of sp³-hybridized carbons (Fsp3) is 0.333. The van der Waals surface area contributed by atoms with Crippen molar-refractivity contribution in [2.45, 2.75) is 26.2 Å². The molecular formula is C12H14Cl2NZr. The predicted molar refractivity (Wildman–Crippen MR) is 55.8 cm³/mol. The minimum Gasteiger partial charge on any atom is -1.00 e. The first-order chi connectivity index (χ1) is 6.09. The average Bonchev–Trinajstić information content (AvgIpc) is 2.45. The summed E-state index contributed by atoms with van der Waals surface area (Å²) in [6.07, 6.45) is 3.23. The Morgan fingerprint density at radius 2 is 1.62 bits per heavy atom. The molecule has 4 heteroatoms. The number of H-pyrrole nitrogens is 1. The Morgan fingerprint density at radius 3 is 2.19 bits per heavy atom. The molecule has 0 aliphatic heterocycles. The van der Waals surface area contributed by atoms with Crippen LogP contribution in [0.1, 0.15) is 26.3 Å². The summed E-state index contributed by atoms with van der Waals surface area (Å²) in [7, 11) is 0. The molecule has 1 heterocycles. The van der Waals surface area contributed by atoms with Gasteiger partial charge in [0.15, 0.2) is 0 Å². The molecule has 2 rings (SSSR count). The Bertz CT molecular complexity index is 432. The number of rotatable bonds is 0. The number of hydrogen-bond acceptors (Lipinski definition) is 0. The molecule has 85 valence electrons. The second-order valence-corrected chi connectivity index (χ2v) is 4.42. The van der Waals surface area contributed by atoms with Crippen molar-refractivity contribution >= 4 is 10.9 Å². The SMILES string of the molecule is CC(C)(C)c1[c-][nH]c2ccccc12.[Cl-].[Cl-].[Zr+3]. The van der Waals surface area contributed by atoms with Gasteiger partial charge in [-0.25, -0.2) is 0 Å². The third-order valence-electron chi connectivity index (χ3n) is 2.27. The zero-order chi connectivity index (χ0) is 9.47. The first kappa shape index (κ1) is 18.6. The van der Waals surface area contributed by atoms with E-state index < -0.39 is 0 Å². The van der Waals surface area contributed by atoms with Crippen molar-refractivity contribution in [1.82, 2.24) is 4.98 Å². The Hall–Kier alpha value is 0.223. The van der Waals surface area contributed by atoms with Crippen LogP contribution in [0.4, 0.5) is 0 Å². The zero-order valence-corrected chi connectivity index (χ0v) is 13.5. The Labute approximate surface area is 128 Å². The molecule has 2 aromatic rings. The molecule has 0 spiro atoms. The standard InChI is InChI=1S/C12H14N.2ClH.Zr/c1-12(2,3)10-8-13-11-7-5-4-6-9(10)11;;;/h4-7,13H,1-3H3;2*1H;/q-1;;;+3/p-2. The summed E-state index contributed by atoms with van der Waals surface area (Å²) in [5, 5.41) is 1.29. The molecule has 16 heavy (non-hydrogen) atoms. The van der Waals surface area contributed by atoms with Gasteiger partial charge in [-0.05, 0) is 5.41 Å². The van der Waals surface area contributed by atoms with Crippen LogP contribution in [-0.4, -0.2) is 4.98 Å². The van der Waals surface area contributed by atoms with Crippen LogP contribution in [0.2, 0.25) is 0 Å². The Morgan fingerprint density at radius 1 is 1.06 bits per heavy atom. The molecule has 0 atom stereocenters. The minimum atomic E-state index is 0. The number of nitrogens with one attached hydrogen (secondary N) is 1. The molecule has 1 nitrogen and oxygen atoms in total. The largest absolute Gasteiger partial charge is 3.00 e. The number of hydrogen-bond donors (Lipinski definition) is 1. The zero-order valence-electron chi connectivity index (χ0n) is 9.57. The van der Waals surface area contributed by atoms with Crippen molar-refractivity contribution in [3.63, 3.8) is 0 Å². The first-order valence-corrected chi connectivity index (χ1v) is 4.58. The molecule has 1 radical (unpaired) electrons. The van der Waals surface area contributed by atoms with Gasteiger partial charge in [0.2, 0.25) is 0 Å². The fourth-order valence-corrected chi connectivity index (χ4v) is 1.60. The van der Waals surface area contributed by atoms with Crippen molar-refractivity contribution in [2.24, 2.45) is 0 Å². The summed E-state index contributed by atoms with van der Waals surface area (Å²) in [5.41, 5.74) is 2.61. The summed E-state index contributed by atoms with van der Waals surface area (Å²) in [6.45, 7) is 6.62. The van der Waals surface area contributed by atoms with Gasteiger partial charge < -0.3 is 29.8 Å². The third kappa shape index (κ3) is 3.62. The molecule has 0 unspecified atom stereocenters. The van der Waals surface area contributed by atoms with E-state index in [-0.39, 0.29) is 56.4 Å². The van der Waals surface area contributed by atoms with Gasteiger partial charge in [0.1, 0.15) is 0 Å². The number of halogens is 2. The van der Waals surface area contributed by atoms with Crippen LogP contribution in [0.3, 0.4) is 0 Å². The van der Waals surface area contributed by atoms with E-state index in [9.17, 15) is 0 Å². The van der Waals surface area contributed by atoms with E-state index in [0.717, 1.165) is 0 Å². The van der Waals surface area contributed by atoms with Crippen LogP contribution in [0, 0.1) is 6.20 Å². The van der Waals surface area contributed by atoms with Crippen LogP contribution in [0.15, 0.2) is 24.3 Å². The van der Waals surface area contributed by atoms with E-state index in [0.29, 0.717) is 0 Å². The van der Waals surface area contributed by atoms with Crippen molar-refractivity contribution < 1.29 is 51.0 Å². The minimum absolute atomic E-state index is 0. The molecule has 0 aliphatic rings. The summed E-state index contributed by atoms with van der Waals surface area (Å²) >= 11 is 0. The summed E-state index contributed by atoms with van der Waals surface area (Å²) < 4.78 is 0. The second kappa shape index (κ2) is 6.84. The van der Waals surface area contributed by atoms with E-state index in [1.165, 1.54) is 16.5 Å². The molecular weight excluding hydrogens is 320 g/mol. The molecule has 0 bridgehead atoms. The molecule has 1 N–H and O–H groups in total. The molecule has 1 aromatic carbocycles. The molecule has 0 aliphatic carbocycles. The maximum absolute atomic E-state index is 3.23. The topological polar surface area (TPSA) is 15.8 Å². The van der Waals surface area contributed by atoms with Gasteiger partial charge in [0, 0.05) is 0 Å². The van der Waals surface area contributed by atoms with Gasteiger partial charge in [-0.1, -0.05) is 32.9 Å². The van der Waals surface area contributed by atoms with Gasteiger partial charge in [-0.15, -0.1) is 29.4 Å². The monoisotopic (exact) mass is 332 g/mol. The van der Waals surface area contributed by atoms with Crippen LogP contribution >= 0.6 is 0 Å². The number of aromatic nitrogens is 1. The number of benzene rings is 1. The molecule has 0 fully saturated rings. The van der Waals surface area contributed by atoms with Crippen LogP contribution in [0.5, 0.6) is 0 Å². The number of para-hydroxylation sites is 1. The predicted octanol–water partition coefficient (Wildman–Crippen LogP) is -2.73. The summed E-state index contributed by atoms with van der Waals surface area (Å²) in [5.74, 6) is 0. The van der Waals surface area contributed by atoms with Crippen molar-refractivity contribution in [3.8, 4) is 0 Å². The van der Waals surface area contributed by atoms with Gasteiger partial charge >= 0.3 is 26.2 Å². The van der Waals surface area contributed by atoms with E-state index in [1.807, 2.05) is 6.07 Å². The smallest absolute Gasteiger partial charge is 1.00 e. The second-order valence-electron chi connectivity index (χ2n) is 4.42. The van der Waals surface area contributed by atoms with Crippen molar-refractivity contribution in [1.29, 1.82) is 0 Å². The molecule has 0 amide bonds. The molecule has 1 aromatic heterocycles.